The molecule has 1 fully saturated rings. The molecule has 8 nitrogen and oxygen atoms in total. The second kappa shape index (κ2) is 10.6. The lowest BCUT2D eigenvalue weighted by Gasteiger charge is -2.43. The molecule has 1 aliphatic carbocycles. The summed E-state index contributed by atoms with van der Waals surface area (Å²) >= 11 is 0. The van der Waals surface area contributed by atoms with Crippen molar-refractivity contribution < 1.29 is 4.79 Å². The second-order valence-electron chi connectivity index (χ2n) is 9.19. The Kier molecular flexibility index (Phi) is 7.39. The van der Waals surface area contributed by atoms with E-state index in [4.69, 9.17) is 5.73 Å². The molecule has 4 rings (SSSR count). The van der Waals surface area contributed by atoms with Gasteiger partial charge in [0.05, 0.1) is 12.1 Å². The van der Waals surface area contributed by atoms with Crippen LogP contribution in [0.2, 0.25) is 0 Å². The zero-order valence-electron chi connectivity index (χ0n) is 20.1. The first-order valence-corrected chi connectivity index (χ1v) is 12.2. The highest BCUT2D eigenvalue weighted by Gasteiger charge is 2.40. The van der Waals surface area contributed by atoms with Crippen molar-refractivity contribution in [2.45, 2.75) is 57.7 Å². The number of nitrogens with zero attached hydrogens (tertiary/aromatic N) is 2. The average Bonchev–Trinajstić information content (AvgIpc) is 2.82. The Labute approximate surface area is 204 Å². The van der Waals surface area contributed by atoms with Crippen molar-refractivity contribution >= 4 is 17.4 Å². The van der Waals surface area contributed by atoms with Crippen molar-refractivity contribution in [3.05, 3.63) is 92.6 Å². The average molecular weight is 476 g/mol. The van der Waals surface area contributed by atoms with Crippen molar-refractivity contribution in [2.24, 2.45) is 0 Å². The second-order valence-corrected chi connectivity index (χ2v) is 9.19. The third-order valence-electron chi connectivity index (χ3n) is 6.73. The maximum absolute atomic E-state index is 13.4. The number of carbonyl (C=O) groups excluding carboxylic acids is 1. The van der Waals surface area contributed by atoms with E-state index in [1.807, 2.05) is 67.6 Å². The smallest absolute Gasteiger partial charge is 0.330 e. The maximum Gasteiger partial charge on any atom is 0.330 e. The Morgan fingerprint density at radius 3 is 2.34 bits per heavy atom. The van der Waals surface area contributed by atoms with Crippen LogP contribution in [0.15, 0.2) is 70.3 Å². The first-order valence-electron chi connectivity index (χ1n) is 12.2. The van der Waals surface area contributed by atoms with Gasteiger partial charge in [-0.1, -0.05) is 74.0 Å². The Hall–Kier alpha value is -3.81. The monoisotopic (exact) mass is 475 g/mol. The quantitative estimate of drug-likeness (QED) is 0.417. The van der Waals surface area contributed by atoms with Gasteiger partial charge in [0.2, 0.25) is 5.91 Å². The Morgan fingerprint density at radius 2 is 1.74 bits per heavy atom. The van der Waals surface area contributed by atoms with Gasteiger partial charge >= 0.3 is 5.69 Å². The highest BCUT2D eigenvalue weighted by atomic mass is 16.2. The van der Waals surface area contributed by atoms with E-state index in [-0.39, 0.29) is 24.0 Å². The molecule has 0 aliphatic heterocycles. The minimum atomic E-state index is -0.592. The van der Waals surface area contributed by atoms with E-state index in [1.54, 1.807) is 4.90 Å². The zero-order valence-corrected chi connectivity index (χ0v) is 20.1. The summed E-state index contributed by atoms with van der Waals surface area (Å²) in [6.07, 6.45) is 4.39. The fourth-order valence-corrected chi connectivity index (χ4v) is 4.69. The summed E-state index contributed by atoms with van der Waals surface area (Å²) in [5.41, 5.74) is 7.01. The molecule has 0 atom stereocenters. The van der Waals surface area contributed by atoms with Gasteiger partial charge in [-0.2, -0.15) is 0 Å². The van der Waals surface area contributed by atoms with Gasteiger partial charge in [-0.15, -0.1) is 0 Å². The molecule has 2 aromatic carbocycles. The molecule has 1 aliphatic rings. The van der Waals surface area contributed by atoms with Gasteiger partial charge in [-0.25, -0.2) is 4.79 Å². The highest BCUT2D eigenvalue weighted by molar-refractivity contribution is 5.83. The number of aromatic nitrogens is 2. The largest absolute Gasteiger partial charge is 0.383 e. The number of H-pyrrole nitrogens is 1. The summed E-state index contributed by atoms with van der Waals surface area (Å²) < 4.78 is 1.38. The van der Waals surface area contributed by atoms with Gasteiger partial charge in [0.1, 0.15) is 11.5 Å². The van der Waals surface area contributed by atoms with Gasteiger partial charge in [0.25, 0.3) is 5.56 Å². The lowest BCUT2D eigenvalue weighted by molar-refractivity contribution is -0.123. The first kappa shape index (κ1) is 24.3. The van der Waals surface area contributed by atoms with Gasteiger partial charge in [0.15, 0.2) is 0 Å². The van der Waals surface area contributed by atoms with Crippen LogP contribution in [0.4, 0.5) is 11.5 Å². The number of benzene rings is 2. The number of aromatic amines is 1. The molecule has 3 aromatic rings. The number of hydrogen-bond donors (Lipinski definition) is 3. The molecule has 0 spiro atoms. The minimum absolute atomic E-state index is 0.0667. The standard InChI is InChI=1S/C27H33N5O3/c1-2-3-17-32-24(28)23(25(34)29-26(32)35)31(18-20-11-6-4-7-12-20)19-22(33)30-27(15-10-16-27)21-13-8-5-9-14-21/h4-9,11-14H,2-3,10,15-19,28H2,1H3,(H,30,33)(H,29,34,35). The van der Waals surface area contributed by atoms with Gasteiger partial charge in [0, 0.05) is 13.1 Å². The summed E-state index contributed by atoms with van der Waals surface area (Å²) in [6.45, 7) is 2.64. The number of nitrogens with one attached hydrogen (secondary N) is 2. The minimum Gasteiger partial charge on any atom is -0.383 e. The van der Waals surface area contributed by atoms with E-state index in [9.17, 15) is 14.4 Å². The van der Waals surface area contributed by atoms with Crippen molar-refractivity contribution in [3.63, 3.8) is 0 Å². The molecule has 35 heavy (non-hydrogen) atoms. The van der Waals surface area contributed by atoms with Crippen LogP contribution in [-0.4, -0.2) is 22.0 Å². The fraction of sp³-hybridized carbons (Fsp3) is 0.370. The molecule has 4 N–H and O–H groups in total. The summed E-state index contributed by atoms with van der Waals surface area (Å²) in [5.74, 6) is -0.119. The number of nitrogens with two attached hydrogens (primary N) is 1. The summed E-state index contributed by atoms with van der Waals surface area (Å²) in [4.78, 5) is 42.8. The van der Waals surface area contributed by atoms with Crippen LogP contribution in [0, 0.1) is 0 Å². The molecular formula is C27H33N5O3. The molecule has 0 radical (unpaired) electrons. The van der Waals surface area contributed by atoms with Crippen molar-refractivity contribution in [1.29, 1.82) is 0 Å². The maximum atomic E-state index is 13.4. The first-order chi connectivity index (χ1) is 16.9. The predicted octanol–water partition coefficient (Wildman–Crippen LogP) is 3.12. The number of hydrogen-bond acceptors (Lipinski definition) is 5. The third kappa shape index (κ3) is 5.31. The SMILES string of the molecule is CCCCn1c(N)c(N(CC(=O)NC2(c3ccccc3)CCC2)Cc2ccccc2)c(=O)[nH]c1=O. The van der Waals surface area contributed by atoms with Crippen LogP contribution in [0.1, 0.15) is 50.2 Å². The number of unbranched alkanes of at least 4 members (excludes halogenated alkanes) is 1. The molecule has 1 aromatic heterocycles. The summed E-state index contributed by atoms with van der Waals surface area (Å²) in [5, 5.41) is 3.23. The molecule has 0 unspecified atom stereocenters. The molecule has 8 heteroatoms. The number of carbonyl (C=O) groups is 1. The zero-order chi connectivity index (χ0) is 24.8. The van der Waals surface area contributed by atoms with Crippen LogP contribution in [0.3, 0.4) is 0 Å². The van der Waals surface area contributed by atoms with Crippen molar-refractivity contribution in [1.82, 2.24) is 14.9 Å². The van der Waals surface area contributed by atoms with Crippen LogP contribution in [0.25, 0.3) is 0 Å². The topological polar surface area (TPSA) is 113 Å². The Morgan fingerprint density at radius 1 is 1.09 bits per heavy atom. The van der Waals surface area contributed by atoms with Crippen LogP contribution in [0.5, 0.6) is 0 Å². The number of rotatable bonds is 10. The predicted molar refractivity (Wildman–Crippen MR) is 138 cm³/mol. The van der Waals surface area contributed by atoms with Crippen molar-refractivity contribution in [3.8, 4) is 0 Å². The van der Waals surface area contributed by atoms with E-state index in [2.05, 4.69) is 10.3 Å². The third-order valence-corrected chi connectivity index (χ3v) is 6.73. The lowest BCUT2D eigenvalue weighted by Crippen LogP contribution is -2.53. The van der Waals surface area contributed by atoms with Gasteiger partial charge in [-0.05, 0) is 36.8 Å². The molecule has 0 saturated heterocycles. The lowest BCUT2D eigenvalue weighted by atomic mass is 9.72. The van der Waals surface area contributed by atoms with Crippen LogP contribution in [-0.2, 0) is 23.4 Å². The molecule has 1 heterocycles. The fourth-order valence-electron chi connectivity index (χ4n) is 4.69. The normalized spacial score (nSPS) is 14.2. The van der Waals surface area contributed by atoms with E-state index in [0.29, 0.717) is 13.1 Å². The van der Waals surface area contributed by atoms with Crippen molar-refractivity contribution in [2.75, 3.05) is 17.2 Å². The molecule has 1 amide bonds. The van der Waals surface area contributed by atoms with E-state index >= 15 is 0 Å². The molecular weight excluding hydrogens is 442 g/mol. The Bertz CT molecular complexity index is 1260. The molecule has 1 saturated carbocycles. The Balaban J connectivity index is 1.66. The summed E-state index contributed by atoms with van der Waals surface area (Å²) in [7, 11) is 0. The van der Waals surface area contributed by atoms with Gasteiger partial charge in [-0.3, -0.25) is 19.1 Å². The van der Waals surface area contributed by atoms with E-state index in [1.165, 1.54) is 4.57 Å². The van der Waals surface area contributed by atoms with E-state index in [0.717, 1.165) is 43.2 Å². The summed E-state index contributed by atoms with van der Waals surface area (Å²) in [6, 6.07) is 19.6. The van der Waals surface area contributed by atoms with E-state index < -0.39 is 16.8 Å². The highest BCUT2D eigenvalue weighted by Crippen LogP contribution is 2.41. The van der Waals surface area contributed by atoms with Crippen LogP contribution < -0.4 is 27.2 Å². The molecule has 0 bridgehead atoms. The number of amides is 1. The number of nitrogen functional groups attached to an aromatic ring is 1. The number of anilines is 2. The molecule has 184 valence electrons. The van der Waals surface area contributed by atoms with Gasteiger partial charge < -0.3 is 16.0 Å². The van der Waals surface area contributed by atoms with Crippen LogP contribution >= 0.6 is 0 Å².